The summed E-state index contributed by atoms with van der Waals surface area (Å²) < 4.78 is 37.9. The summed E-state index contributed by atoms with van der Waals surface area (Å²) in [7, 11) is 0. The smallest absolute Gasteiger partial charge is 0.339 e. The molecule has 28 atom stereocenters. The molecule has 2 aromatic rings. The lowest BCUT2D eigenvalue weighted by Gasteiger charge is -2.73. The summed E-state index contributed by atoms with van der Waals surface area (Å²) in [5, 5.41) is 41.8. The van der Waals surface area contributed by atoms with Crippen LogP contribution < -0.4 is 5.32 Å². The summed E-state index contributed by atoms with van der Waals surface area (Å²) >= 11 is 0. The number of benzene rings is 1. The van der Waals surface area contributed by atoms with Gasteiger partial charge in [-0.1, -0.05) is 101 Å². The van der Waals surface area contributed by atoms with Crippen LogP contribution in [0.1, 0.15) is 197 Å². The van der Waals surface area contributed by atoms with Gasteiger partial charge in [-0.25, -0.2) is 4.79 Å². The highest BCUT2D eigenvalue weighted by molar-refractivity contribution is 5.94. The van der Waals surface area contributed by atoms with E-state index < -0.39 is 80.7 Å². The fourth-order valence-corrected chi connectivity index (χ4v) is 31.0. The number of aliphatic hydroxyl groups excluding tert-OH is 3. The van der Waals surface area contributed by atoms with Gasteiger partial charge in [0.15, 0.2) is 11.9 Å². The molecule has 0 amide bonds. The van der Waals surface area contributed by atoms with Gasteiger partial charge in [0.1, 0.15) is 35.8 Å². The van der Waals surface area contributed by atoms with Crippen molar-refractivity contribution in [1.82, 2.24) is 10.2 Å². The summed E-state index contributed by atoms with van der Waals surface area (Å²) in [5.41, 5.74) is -3.84. The minimum atomic E-state index is -1.49. The second-order valence-electron chi connectivity index (χ2n) is 35.9. The first-order valence-electron chi connectivity index (χ1n) is 37.9. The van der Waals surface area contributed by atoms with E-state index >= 15 is 19.5 Å². The summed E-state index contributed by atoms with van der Waals surface area (Å²) in [6, 6.07) is 13.3. The van der Waals surface area contributed by atoms with E-state index in [2.05, 4.69) is 72.7 Å². The predicted octanol–water partition coefficient (Wildman–Crippen LogP) is 11.9. The highest BCUT2D eigenvalue weighted by Crippen LogP contribution is 2.92. The molecule has 1 aromatic heterocycles. The minimum Gasteiger partial charge on any atom is -0.469 e. The Balaban J connectivity index is 0.788. The predicted molar refractivity (Wildman–Crippen MR) is 340 cm³/mol. The first kappa shape index (κ1) is 58.3. The number of nitrogens with zero attached hydrogens (tertiary/aromatic N) is 1. The molecule has 16 fully saturated rings. The number of ketones is 1. The fourth-order valence-electron chi connectivity index (χ4n) is 31.0. The number of rotatable bonds is 9. The Morgan fingerprint density at radius 2 is 1.66 bits per heavy atom. The summed E-state index contributed by atoms with van der Waals surface area (Å²) in [6.45, 7) is 6.49. The van der Waals surface area contributed by atoms with Crippen LogP contribution in [0.3, 0.4) is 0 Å². The Labute approximate surface area is 544 Å². The van der Waals surface area contributed by atoms with Crippen LogP contribution in [0.15, 0.2) is 71.0 Å². The topological polar surface area (TPSA) is 181 Å². The second-order valence-corrected chi connectivity index (χ2v) is 35.9. The van der Waals surface area contributed by atoms with E-state index in [1.807, 2.05) is 6.07 Å². The van der Waals surface area contributed by atoms with Crippen molar-refractivity contribution in [2.75, 3.05) is 26.4 Å². The van der Waals surface area contributed by atoms with E-state index in [-0.39, 0.29) is 83.1 Å². The molecule has 7 spiro atoms. The van der Waals surface area contributed by atoms with Crippen LogP contribution in [0.4, 0.5) is 0 Å². The third kappa shape index (κ3) is 6.89. The van der Waals surface area contributed by atoms with E-state index in [0.717, 1.165) is 127 Å². The van der Waals surface area contributed by atoms with Crippen molar-refractivity contribution >= 4 is 17.7 Å². The number of ether oxygens (including phenoxy) is 4. The molecule has 8 heterocycles. The number of nitrogens with one attached hydrogen (secondary N) is 1. The van der Waals surface area contributed by atoms with Gasteiger partial charge in [-0.3, -0.25) is 14.9 Å². The van der Waals surface area contributed by atoms with Crippen LogP contribution in [0.25, 0.3) is 0 Å². The third-order valence-electron chi connectivity index (χ3n) is 33.4. The van der Waals surface area contributed by atoms with Crippen molar-refractivity contribution in [3.63, 3.8) is 0 Å². The number of aliphatic hydroxyl groups is 3. The number of fused-ring (bicyclic) bond motifs is 5. The first-order valence-corrected chi connectivity index (χ1v) is 37.9. The number of allylic oxidation sites excluding steroid dienone is 1. The number of hydrogen-bond donors (Lipinski definition) is 4. The Hall–Kier alpha value is -3.85. The van der Waals surface area contributed by atoms with E-state index in [1.54, 1.807) is 6.26 Å². The molecule has 7 aliphatic heterocycles. The van der Waals surface area contributed by atoms with Crippen molar-refractivity contribution in [2.45, 2.75) is 234 Å². The number of carbonyl (C=O) groups excluding carboxylic acids is 3. The quantitative estimate of drug-likeness (QED) is 0.106. The molecule has 5 bridgehead atoms. The highest BCUT2D eigenvalue weighted by atomic mass is 16.7. The Morgan fingerprint density at radius 3 is 2.52 bits per heavy atom. The molecule has 11 aliphatic carbocycles. The van der Waals surface area contributed by atoms with E-state index in [0.29, 0.717) is 48.3 Å². The van der Waals surface area contributed by atoms with Crippen LogP contribution in [-0.4, -0.2) is 106 Å². The second kappa shape index (κ2) is 19.7. The molecule has 20 rings (SSSR count). The number of hydrogen-bond acceptors (Lipinski definition) is 13. The zero-order valence-electron chi connectivity index (χ0n) is 54.8. The molecule has 494 valence electrons. The van der Waals surface area contributed by atoms with Crippen LogP contribution in [0.5, 0.6) is 0 Å². The fraction of sp³-hybridized carbons (Fsp3) is 0.785. The standard InChI is InChI=1S/C79H102N2O11/c1-44-54-17-7-6-15-47(54)20-27-73(44)25-11-26-76-61(73)34-52-33-53-38-72(23-8-9-24-72)41-74(53)37-50-36-71(2)67(56-22-29-88-60(56)35-57(59(83)40-82)48-18-19-55-49(32-48)21-28-81-43-80-39-58(55)81)90-70(87)68-79(71,91-68)77(51-16-10-14-46(31-51)30-45-12-4-3-5-13-45)63(50)75(64(76)62(84)66(77)85)42-89-69(86)65(74)78(52,75)92-76/h3-5,12-13,21-22,28-29,34,44,46-51,53-55,57-59,61,63-68,80,82-83,85H,6-11,14-20,23-27,30-33,35-43H2,1-2H3/t44-,46+,47+,48-,49+,50-,51-,53-,54+,55-,57-,58-,59+,61+,63+,64-,65-,66+,67-,68+,71-,73+,74+,75+,76-,77-,78-,79+/m0/s1. The molecule has 0 unspecified atom stereocenters. The van der Waals surface area contributed by atoms with Crippen molar-refractivity contribution < 1.29 is 53.1 Å². The van der Waals surface area contributed by atoms with Gasteiger partial charge in [0.25, 0.3) is 0 Å². The number of epoxide rings is 1. The summed E-state index contributed by atoms with van der Waals surface area (Å²) in [5.74, 6) is 0.869. The zero-order chi connectivity index (χ0) is 61.9. The van der Waals surface area contributed by atoms with Gasteiger partial charge in [-0.2, -0.15) is 0 Å². The average Bonchev–Trinajstić information content (AvgIpc) is 1.41. The van der Waals surface area contributed by atoms with Crippen LogP contribution >= 0.6 is 0 Å². The van der Waals surface area contributed by atoms with Crippen LogP contribution in [-0.2, 0) is 46.2 Å². The van der Waals surface area contributed by atoms with Gasteiger partial charge < -0.3 is 43.6 Å². The van der Waals surface area contributed by atoms with Gasteiger partial charge in [0.05, 0.1) is 48.5 Å². The molecular formula is C79H102N2O11. The number of cyclic esters (lactones) is 2. The number of furan rings is 1. The molecular weight excluding hydrogens is 1150 g/mol. The largest absolute Gasteiger partial charge is 0.469 e. The number of Topliss-reactive ketones (excluding diaryl/α,β-unsaturated/α-hetero) is 1. The number of carbonyl (C=O) groups is 3. The maximum atomic E-state index is 18.0. The van der Waals surface area contributed by atoms with E-state index in [1.165, 1.54) is 68.9 Å². The maximum Gasteiger partial charge on any atom is 0.339 e. The monoisotopic (exact) mass is 1250 g/mol. The van der Waals surface area contributed by atoms with Gasteiger partial charge in [-0.15, -0.1) is 0 Å². The molecule has 1 aromatic carbocycles. The molecule has 0 radical (unpaired) electrons. The Morgan fingerprint density at radius 1 is 0.804 bits per heavy atom. The summed E-state index contributed by atoms with van der Waals surface area (Å²) in [4.78, 5) is 52.8. The molecule has 18 aliphatic rings. The van der Waals surface area contributed by atoms with Crippen LogP contribution in [0.2, 0.25) is 0 Å². The van der Waals surface area contributed by atoms with Crippen molar-refractivity contribution in [1.29, 1.82) is 0 Å². The third-order valence-corrected chi connectivity index (χ3v) is 33.4. The normalized spacial score (nSPS) is 52.9. The highest BCUT2D eigenvalue weighted by Gasteiger charge is 2.99. The van der Waals surface area contributed by atoms with Gasteiger partial charge in [0, 0.05) is 41.3 Å². The van der Waals surface area contributed by atoms with Gasteiger partial charge >= 0.3 is 11.9 Å². The summed E-state index contributed by atoms with van der Waals surface area (Å²) in [6.07, 6.45) is 31.8. The molecule has 5 saturated heterocycles. The van der Waals surface area contributed by atoms with Crippen molar-refractivity contribution in [3.8, 4) is 0 Å². The SMILES string of the molecule is C[C@H]1[C@H]2CCCC[C@@H]2CC[C@]12CCC[C@]13O[C@]45C(=C[C@H]21)C[C@H]1CC2(CCCC2)C[C@]12C[C@@H]1C[C@@]6(C)[C@H](c7ccoc7C[C@@H]([C@H]7CC[C@H]8[C@H](C=CN9CNC[C@@H]89)C7)[C@H](O)CO)OC(=O)[C@H]7O[C@]76[C@]6([C@H]7CCC[C@H](Cc8ccccc8)C7)[C@H](O)C(=O)[C@H]3[C@@]4(COC(=O)[C@@H]25)[C@@H]16. The van der Waals surface area contributed by atoms with Gasteiger partial charge in [-0.05, 0) is 233 Å². The lowest BCUT2D eigenvalue weighted by atomic mass is 9.29. The molecule has 13 nitrogen and oxygen atoms in total. The van der Waals surface area contributed by atoms with Crippen molar-refractivity contribution in [2.24, 2.45) is 121 Å². The Bertz CT molecular complexity index is 3450. The lowest BCUT2D eigenvalue weighted by molar-refractivity contribution is -0.301. The zero-order valence-corrected chi connectivity index (χ0v) is 54.8. The van der Waals surface area contributed by atoms with E-state index in [9.17, 15) is 10.2 Å². The van der Waals surface area contributed by atoms with Crippen LogP contribution in [0, 0.1) is 121 Å². The molecule has 92 heavy (non-hydrogen) atoms. The Kier molecular flexibility index (Phi) is 12.5. The molecule has 4 N–H and O–H groups in total. The first-order chi connectivity index (χ1) is 44.7. The number of esters is 2. The lowest BCUT2D eigenvalue weighted by Crippen LogP contribution is -2.82. The maximum absolute atomic E-state index is 18.0. The van der Waals surface area contributed by atoms with Gasteiger partial charge in [0.2, 0.25) is 0 Å². The van der Waals surface area contributed by atoms with Crippen molar-refractivity contribution in [3.05, 3.63) is 83.5 Å². The minimum absolute atomic E-state index is 0.0333. The van der Waals surface area contributed by atoms with E-state index in [4.69, 9.17) is 23.4 Å². The molecule has 11 saturated carbocycles. The molecule has 13 heteroatoms. The average molecular weight is 1260 g/mol.